The van der Waals surface area contributed by atoms with E-state index in [0.717, 1.165) is 5.56 Å². The number of aliphatic hydroxyl groups is 3. The van der Waals surface area contributed by atoms with Crippen molar-refractivity contribution in [2.24, 2.45) is 0 Å². The van der Waals surface area contributed by atoms with Crippen LogP contribution >= 0.6 is 11.6 Å². The van der Waals surface area contributed by atoms with Crippen LogP contribution in [0, 0.1) is 6.92 Å². The molecule has 0 aromatic heterocycles. The van der Waals surface area contributed by atoms with E-state index in [0.29, 0.717) is 10.6 Å². The highest BCUT2D eigenvalue weighted by molar-refractivity contribution is 6.31. The van der Waals surface area contributed by atoms with Crippen LogP contribution in [0.25, 0.3) is 0 Å². The lowest BCUT2D eigenvalue weighted by molar-refractivity contribution is -0.0520. The van der Waals surface area contributed by atoms with Crippen LogP contribution in [0.3, 0.4) is 0 Å². The summed E-state index contributed by atoms with van der Waals surface area (Å²) in [4.78, 5) is 0. The van der Waals surface area contributed by atoms with Crippen LogP contribution in [0.5, 0.6) is 0 Å². The Labute approximate surface area is 104 Å². The van der Waals surface area contributed by atoms with Crippen molar-refractivity contribution in [3.05, 3.63) is 34.3 Å². The van der Waals surface area contributed by atoms with Gasteiger partial charge in [0.2, 0.25) is 0 Å². The fourth-order valence-corrected chi connectivity index (χ4v) is 2.06. The van der Waals surface area contributed by atoms with Crippen LogP contribution < -0.4 is 0 Å². The smallest absolute Gasteiger partial charge is 0.116 e. The van der Waals surface area contributed by atoms with Gasteiger partial charge in [0.1, 0.15) is 24.4 Å². The van der Waals surface area contributed by atoms with Crippen molar-refractivity contribution in [3.8, 4) is 0 Å². The van der Waals surface area contributed by atoms with Crippen LogP contribution in [0.15, 0.2) is 18.2 Å². The molecule has 3 unspecified atom stereocenters. The second kappa shape index (κ2) is 4.92. The maximum atomic E-state index is 10.1. The Kier molecular flexibility index (Phi) is 3.70. The van der Waals surface area contributed by atoms with Gasteiger partial charge >= 0.3 is 0 Å². The van der Waals surface area contributed by atoms with Crippen molar-refractivity contribution >= 4 is 11.6 Å². The highest BCUT2D eigenvalue weighted by Crippen LogP contribution is 2.29. The molecule has 0 aliphatic carbocycles. The Balaban J connectivity index is 2.19. The summed E-state index contributed by atoms with van der Waals surface area (Å²) >= 11 is 5.89. The monoisotopic (exact) mass is 258 g/mol. The van der Waals surface area contributed by atoms with Crippen LogP contribution in [-0.4, -0.2) is 40.2 Å². The molecule has 1 aliphatic rings. The summed E-state index contributed by atoms with van der Waals surface area (Å²) in [5.41, 5.74) is 1.46. The van der Waals surface area contributed by atoms with Crippen molar-refractivity contribution in [1.82, 2.24) is 0 Å². The third-order valence-electron chi connectivity index (χ3n) is 3.02. The molecule has 0 radical (unpaired) electrons. The summed E-state index contributed by atoms with van der Waals surface area (Å²) in [6.07, 6.45) is -3.78. The molecule has 1 saturated heterocycles. The van der Waals surface area contributed by atoms with Crippen LogP contribution in [0.2, 0.25) is 5.02 Å². The Morgan fingerprint density at radius 3 is 2.65 bits per heavy atom. The zero-order valence-electron chi connectivity index (χ0n) is 9.38. The normalized spacial score (nSPS) is 30.5. The highest BCUT2D eigenvalue weighted by atomic mass is 35.5. The molecule has 1 heterocycles. The van der Waals surface area contributed by atoms with Crippen molar-refractivity contribution in [3.63, 3.8) is 0 Å². The van der Waals surface area contributed by atoms with Gasteiger partial charge in [-0.1, -0.05) is 23.7 Å². The second-order valence-corrected chi connectivity index (χ2v) is 4.72. The van der Waals surface area contributed by atoms with Crippen molar-refractivity contribution in [2.75, 3.05) is 6.61 Å². The maximum absolute atomic E-state index is 10.1. The molecule has 2 rings (SSSR count). The minimum absolute atomic E-state index is 0.0372. The molecular formula is C12H15ClO4. The maximum Gasteiger partial charge on any atom is 0.116 e. The lowest BCUT2D eigenvalue weighted by atomic mass is 9.98. The van der Waals surface area contributed by atoms with E-state index in [1.165, 1.54) is 0 Å². The number of rotatable bonds is 2. The standard InChI is InChI=1S/C12H15ClO4/c1-6-4-7(2-3-8(6)13)10(15)12-11(16)9(14)5-17-12/h2-4,9-12,14-16H,5H2,1H3/t9?,10-,11?,12?/m1/s1. The lowest BCUT2D eigenvalue weighted by Gasteiger charge is -2.21. The molecule has 94 valence electrons. The highest BCUT2D eigenvalue weighted by Gasteiger charge is 2.39. The molecule has 17 heavy (non-hydrogen) atoms. The number of hydrogen-bond donors (Lipinski definition) is 3. The molecule has 0 saturated carbocycles. The summed E-state index contributed by atoms with van der Waals surface area (Å²) in [6.45, 7) is 1.87. The molecule has 1 aromatic carbocycles. The average Bonchev–Trinajstić information content (AvgIpc) is 2.63. The summed E-state index contributed by atoms with van der Waals surface area (Å²) in [7, 11) is 0. The predicted molar refractivity (Wildman–Crippen MR) is 62.9 cm³/mol. The molecule has 4 atom stereocenters. The third kappa shape index (κ3) is 2.46. The van der Waals surface area contributed by atoms with Gasteiger partial charge in [-0.3, -0.25) is 0 Å². The van der Waals surface area contributed by atoms with Gasteiger partial charge in [0.25, 0.3) is 0 Å². The zero-order valence-corrected chi connectivity index (χ0v) is 10.1. The van der Waals surface area contributed by atoms with Crippen molar-refractivity contribution < 1.29 is 20.1 Å². The van der Waals surface area contributed by atoms with Crippen LogP contribution in [0.1, 0.15) is 17.2 Å². The summed E-state index contributed by atoms with van der Waals surface area (Å²) in [5, 5.41) is 29.7. The topological polar surface area (TPSA) is 69.9 Å². The largest absolute Gasteiger partial charge is 0.388 e. The Bertz CT molecular complexity index is 409. The molecule has 0 spiro atoms. The first kappa shape index (κ1) is 12.8. The number of ether oxygens (including phenoxy) is 1. The Morgan fingerprint density at radius 2 is 2.12 bits per heavy atom. The first-order chi connectivity index (χ1) is 8.00. The minimum Gasteiger partial charge on any atom is -0.388 e. The first-order valence-corrected chi connectivity index (χ1v) is 5.80. The van der Waals surface area contributed by atoms with Gasteiger partial charge in [-0.2, -0.15) is 0 Å². The fraction of sp³-hybridized carbons (Fsp3) is 0.500. The van der Waals surface area contributed by atoms with Crippen LogP contribution in [-0.2, 0) is 4.74 Å². The van der Waals surface area contributed by atoms with E-state index in [1.54, 1.807) is 18.2 Å². The van der Waals surface area contributed by atoms with Gasteiger partial charge < -0.3 is 20.1 Å². The number of benzene rings is 1. The summed E-state index contributed by atoms with van der Waals surface area (Å²) < 4.78 is 5.18. The van der Waals surface area contributed by atoms with Gasteiger partial charge in [-0.15, -0.1) is 0 Å². The number of aryl methyl sites for hydroxylation is 1. The van der Waals surface area contributed by atoms with E-state index >= 15 is 0 Å². The Morgan fingerprint density at radius 1 is 1.41 bits per heavy atom. The molecule has 4 nitrogen and oxygen atoms in total. The molecule has 3 N–H and O–H groups in total. The van der Waals surface area contributed by atoms with Gasteiger partial charge in [-0.25, -0.2) is 0 Å². The number of aliphatic hydroxyl groups excluding tert-OH is 3. The first-order valence-electron chi connectivity index (χ1n) is 5.42. The van der Waals surface area contributed by atoms with E-state index in [-0.39, 0.29) is 6.61 Å². The quantitative estimate of drug-likeness (QED) is 0.734. The lowest BCUT2D eigenvalue weighted by Crippen LogP contribution is -2.34. The summed E-state index contributed by atoms with van der Waals surface area (Å²) in [6, 6.07) is 5.11. The number of halogens is 1. The molecule has 5 heteroatoms. The van der Waals surface area contributed by atoms with E-state index in [9.17, 15) is 15.3 Å². The van der Waals surface area contributed by atoms with Gasteiger partial charge in [0.15, 0.2) is 0 Å². The summed E-state index contributed by atoms with van der Waals surface area (Å²) in [5.74, 6) is 0. The zero-order chi connectivity index (χ0) is 12.6. The van der Waals surface area contributed by atoms with Gasteiger partial charge in [-0.05, 0) is 24.1 Å². The van der Waals surface area contributed by atoms with Crippen molar-refractivity contribution in [2.45, 2.75) is 31.3 Å². The SMILES string of the molecule is Cc1cc([C@@H](O)C2OCC(O)C2O)ccc1Cl. The number of hydrogen-bond acceptors (Lipinski definition) is 4. The minimum atomic E-state index is -1.07. The molecule has 1 aliphatic heterocycles. The average molecular weight is 259 g/mol. The van der Waals surface area contributed by atoms with E-state index in [2.05, 4.69) is 0 Å². The molecular weight excluding hydrogens is 244 g/mol. The van der Waals surface area contributed by atoms with Gasteiger partial charge in [0.05, 0.1) is 6.61 Å². The fourth-order valence-electron chi connectivity index (χ4n) is 1.95. The van der Waals surface area contributed by atoms with E-state index in [1.807, 2.05) is 6.92 Å². The predicted octanol–water partition coefficient (Wildman–Crippen LogP) is 0.802. The van der Waals surface area contributed by atoms with Crippen molar-refractivity contribution in [1.29, 1.82) is 0 Å². The molecule has 0 amide bonds. The van der Waals surface area contributed by atoms with Crippen LogP contribution in [0.4, 0.5) is 0 Å². The molecule has 1 aromatic rings. The molecule has 1 fully saturated rings. The second-order valence-electron chi connectivity index (χ2n) is 4.31. The van der Waals surface area contributed by atoms with E-state index < -0.39 is 24.4 Å². The Hall–Kier alpha value is -0.650. The van der Waals surface area contributed by atoms with Gasteiger partial charge in [0, 0.05) is 5.02 Å². The molecule has 0 bridgehead atoms. The third-order valence-corrected chi connectivity index (χ3v) is 3.45. The van der Waals surface area contributed by atoms with E-state index in [4.69, 9.17) is 16.3 Å².